The first-order valence-corrected chi connectivity index (χ1v) is 11.1. The predicted octanol–water partition coefficient (Wildman–Crippen LogP) is 3.64. The van der Waals surface area contributed by atoms with Crippen LogP contribution in [0, 0.1) is 5.82 Å². The van der Waals surface area contributed by atoms with Gasteiger partial charge in [-0.1, -0.05) is 0 Å². The number of hydrogen-bond acceptors (Lipinski definition) is 6. The molecule has 35 heavy (non-hydrogen) atoms. The molecule has 180 valence electrons. The second-order valence-corrected chi connectivity index (χ2v) is 8.42. The first-order valence-electron chi connectivity index (χ1n) is 11.1. The van der Waals surface area contributed by atoms with Crippen molar-refractivity contribution >= 4 is 22.5 Å². The van der Waals surface area contributed by atoms with Crippen LogP contribution in [0.2, 0.25) is 0 Å². The number of nitrogens with one attached hydrogen (secondary N) is 1. The van der Waals surface area contributed by atoms with Gasteiger partial charge in [-0.3, -0.25) is 9.59 Å². The van der Waals surface area contributed by atoms with E-state index in [0.717, 1.165) is 0 Å². The van der Waals surface area contributed by atoms with Gasteiger partial charge in [-0.05, 0) is 24.6 Å². The zero-order valence-corrected chi connectivity index (χ0v) is 19.5. The maximum absolute atomic E-state index is 15.4. The van der Waals surface area contributed by atoms with Crippen molar-refractivity contribution < 1.29 is 18.7 Å². The van der Waals surface area contributed by atoms with Crippen molar-refractivity contribution in [1.29, 1.82) is 0 Å². The van der Waals surface area contributed by atoms with Gasteiger partial charge in [0.25, 0.3) is 5.91 Å². The fourth-order valence-electron chi connectivity index (χ4n) is 4.18. The summed E-state index contributed by atoms with van der Waals surface area (Å²) >= 11 is 0. The molecule has 0 unspecified atom stereocenters. The standard InChI is InChI=1S/C25H24FN5O4/c1-29(2)25(33)17-13-31-19-6-5-15(34-3)11-20(19)35-24-21(18(26)12-16(22(24)31)23(17)32)28-7-4-9-30-10-8-27-14-30/h5-6,8,10-14,28H,4,7,9H2,1-3H3. The lowest BCUT2D eigenvalue weighted by Gasteiger charge is -2.26. The van der Waals surface area contributed by atoms with Gasteiger partial charge in [0.2, 0.25) is 5.43 Å². The highest BCUT2D eigenvalue weighted by Gasteiger charge is 2.29. The number of halogens is 1. The normalized spacial score (nSPS) is 11.7. The second-order valence-electron chi connectivity index (χ2n) is 8.42. The van der Waals surface area contributed by atoms with Gasteiger partial charge in [0.15, 0.2) is 17.3 Å². The van der Waals surface area contributed by atoms with E-state index in [1.165, 1.54) is 24.3 Å². The summed E-state index contributed by atoms with van der Waals surface area (Å²) in [5, 5.41) is 3.19. The molecule has 3 heterocycles. The van der Waals surface area contributed by atoms with Crippen molar-refractivity contribution in [2.24, 2.45) is 0 Å². The van der Waals surface area contributed by atoms with E-state index in [4.69, 9.17) is 9.47 Å². The number of hydrogen-bond donors (Lipinski definition) is 1. The number of pyridine rings is 1. The third-order valence-corrected chi connectivity index (χ3v) is 5.92. The van der Waals surface area contributed by atoms with Gasteiger partial charge >= 0.3 is 0 Å². The summed E-state index contributed by atoms with van der Waals surface area (Å²) in [7, 11) is 4.66. The quantitative estimate of drug-likeness (QED) is 0.360. The minimum absolute atomic E-state index is 0.0578. The molecule has 1 aliphatic rings. The zero-order chi connectivity index (χ0) is 24.7. The minimum atomic E-state index is -0.639. The SMILES string of the molecule is COc1ccc2c(c1)Oc1c(NCCCn3ccnc3)c(F)cc3c(=O)c(C(=O)N(C)C)cn-2c13. The second kappa shape index (κ2) is 8.79. The summed E-state index contributed by atoms with van der Waals surface area (Å²) in [6, 6.07) is 6.37. The molecule has 0 bridgehead atoms. The molecule has 0 atom stereocenters. The molecule has 1 amide bonds. The lowest BCUT2D eigenvalue weighted by molar-refractivity contribution is 0.0826. The largest absolute Gasteiger partial charge is 0.497 e. The molecule has 1 N–H and O–H groups in total. The summed E-state index contributed by atoms with van der Waals surface area (Å²) in [6.45, 7) is 1.17. The fraction of sp³-hybridized carbons (Fsp3) is 0.240. The summed E-state index contributed by atoms with van der Waals surface area (Å²) in [5.41, 5.74) is 0.534. The first-order chi connectivity index (χ1) is 16.9. The van der Waals surface area contributed by atoms with E-state index in [-0.39, 0.29) is 22.4 Å². The zero-order valence-electron chi connectivity index (χ0n) is 19.5. The van der Waals surface area contributed by atoms with E-state index in [0.29, 0.717) is 42.2 Å². The number of benzene rings is 2. The number of methoxy groups -OCH3 is 1. The smallest absolute Gasteiger partial charge is 0.258 e. The van der Waals surface area contributed by atoms with Crippen LogP contribution in [0.5, 0.6) is 17.2 Å². The van der Waals surface area contributed by atoms with Gasteiger partial charge in [0.1, 0.15) is 22.5 Å². The lowest BCUT2D eigenvalue weighted by Crippen LogP contribution is -2.29. The number of imidazole rings is 1. The van der Waals surface area contributed by atoms with Crippen LogP contribution in [-0.4, -0.2) is 52.7 Å². The molecule has 0 spiro atoms. The number of nitrogens with zero attached hydrogens (tertiary/aromatic N) is 4. The number of aromatic nitrogens is 3. The highest BCUT2D eigenvalue weighted by molar-refractivity contribution is 6.01. The maximum Gasteiger partial charge on any atom is 0.258 e. The van der Waals surface area contributed by atoms with Gasteiger partial charge in [0, 0.05) is 51.8 Å². The molecule has 0 radical (unpaired) electrons. The Bertz CT molecular complexity index is 1490. The Labute approximate surface area is 200 Å². The van der Waals surface area contributed by atoms with E-state index in [2.05, 4.69) is 10.3 Å². The van der Waals surface area contributed by atoms with E-state index in [1.807, 2.05) is 10.8 Å². The van der Waals surface area contributed by atoms with Gasteiger partial charge < -0.3 is 28.8 Å². The average molecular weight is 477 g/mol. The van der Waals surface area contributed by atoms with Crippen LogP contribution in [-0.2, 0) is 6.54 Å². The summed E-state index contributed by atoms with van der Waals surface area (Å²) in [5.74, 6) is 0.0484. The van der Waals surface area contributed by atoms with Gasteiger partial charge in [0.05, 0.1) is 24.5 Å². The van der Waals surface area contributed by atoms with E-state index in [9.17, 15) is 9.59 Å². The van der Waals surface area contributed by atoms with Crippen molar-refractivity contribution in [3.63, 3.8) is 0 Å². The monoisotopic (exact) mass is 477 g/mol. The molecule has 5 rings (SSSR count). The number of anilines is 1. The molecule has 10 heteroatoms. The molecular weight excluding hydrogens is 453 g/mol. The molecule has 1 aliphatic heterocycles. The third kappa shape index (κ3) is 3.86. The molecule has 2 aromatic heterocycles. The number of carbonyl (C=O) groups is 1. The molecular formula is C25H24FN5O4. The molecule has 0 aliphatic carbocycles. The molecule has 2 aromatic carbocycles. The van der Waals surface area contributed by atoms with Crippen molar-refractivity contribution in [2.75, 3.05) is 33.1 Å². The van der Waals surface area contributed by atoms with Crippen LogP contribution in [0.25, 0.3) is 16.6 Å². The van der Waals surface area contributed by atoms with Crippen molar-refractivity contribution in [3.8, 4) is 22.9 Å². The third-order valence-electron chi connectivity index (χ3n) is 5.92. The molecule has 0 saturated carbocycles. The number of rotatable bonds is 7. The highest BCUT2D eigenvalue weighted by atomic mass is 19.1. The van der Waals surface area contributed by atoms with E-state index in [1.54, 1.807) is 49.4 Å². The van der Waals surface area contributed by atoms with Crippen LogP contribution in [0.15, 0.2) is 54.0 Å². The maximum atomic E-state index is 15.4. The number of aryl methyl sites for hydroxylation is 1. The minimum Gasteiger partial charge on any atom is -0.497 e. The average Bonchev–Trinajstić information content (AvgIpc) is 3.37. The molecule has 9 nitrogen and oxygen atoms in total. The number of carbonyl (C=O) groups excluding carboxylic acids is 1. The first kappa shape index (κ1) is 22.5. The van der Waals surface area contributed by atoms with Crippen molar-refractivity contribution in [1.82, 2.24) is 19.0 Å². The Balaban J connectivity index is 1.65. The Hall–Kier alpha value is -4.34. The summed E-state index contributed by atoms with van der Waals surface area (Å²) in [4.78, 5) is 31.4. The van der Waals surface area contributed by atoms with E-state index < -0.39 is 17.2 Å². The van der Waals surface area contributed by atoms with Crippen LogP contribution >= 0.6 is 0 Å². The number of amides is 1. The Morgan fingerprint density at radius 3 is 2.83 bits per heavy atom. The van der Waals surface area contributed by atoms with Gasteiger partial charge in [-0.15, -0.1) is 0 Å². The van der Waals surface area contributed by atoms with Gasteiger partial charge in [-0.2, -0.15) is 0 Å². The Kier molecular flexibility index (Phi) is 5.64. The number of ether oxygens (including phenoxy) is 2. The van der Waals surface area contributed by atoms with Gasteiger partial charge in [-0.25, -0.2) is 9.37 Å². The molecule has 0 fully saturated rings. The van der Waals surface area contributed by atoms with Crippen LogP contribution < -0.4 is 20.2 Å². The lowest BCUT2D eigenvalue weighted by atomic mass is 10.1. The topological polar surface area (TPSA) is 90.6 Å². The van der Waals surface area contributed by atoms with E-state index >= 15 is 4.39 Å². The summed E-state index contributed by atoms with van der Waals surface area (Å²) < 4.78 is 30.5. The van der Waals surface area contributed by atoms with Crippen LogP contribution in [0.3, 0.4) is 0 Å². The van der Waals surface area contributed by atoms with Crippen molar-refractivity contribution in [3.05, 3.63) is 70.8 Å². The predicted molar refractivity (Wildman–Crippen MR) is 129 cm³/mol. The van der Waals surface area contributed by atoms with Crippen LogP contribution in [0.1, 0.15) is 16.8 Å². The fourth-order valence-corrected chi connectivity index (χ4v) is 4.18. The summed E-state index contributed by atoms with van der Waals surface area (Å²) in [6.07, 6.45) is 7.48. The van der Waals surface area contributed by atoms with Crippen LogP contribution in [0.4, 0.5) is 10.1 Å². The molecule has 0 saturated heterocycles. The Morgan fingerprint density at radius 2 is 2.11 bits per heavy atom. The molecule has 4 aromatic rings. The number of fused-ring (bicyclic) bond motifs is 2. The highest BCUT2D eigenvalue weighted by Crippen LogP contribution is 2.46. The Morgan fingerprint density at radius 1 is 1.29 bits per heavy atom. The van der Waals surface area contributed by atoms with Crippen molar-refractivity contribution in [2.45, 2.75) is 13.0 Å².